The Morgan fingerprint density at radius 3 is 2.73 bits per heavy atom. The number of phenols is 1. The highest BCUT2D eigenvalue weighted by molar-refractivity contribution is 6.30. The summed E-state index contributed by atoms with van der Waals surface area (Å²) < 4.78 is 5.77. The van der Waals surface area contributed by atoms with Crippen molar-refractivity contribution in [2.75, 3.05) is 27.2 Å². The summed E-state index contributed by atoms with van der Waals surface area (Å²) in [5, 5.41) is 11.1. The SMILES string of the molecule is C[C@@H](C(=O)N(C)C)N1CCOc2c(O)cc(-c3cccc(Cl)c3)cc2C1. The van der Waals surface area contributed by atoms with Crippen LogP contribution in [0.25, 0.3) is 11.1 Å². The van der Waals surface area contributed by atoms with E-state index in [4.69, 9.17) is 16.3 Å². The van der Waals surface area contributed by atoms with Crippen molar-refractivity contribution in [3.63, 3.8) is 0 Å². The largest absolute Gasteiger partial charge is 0.504 e. The summed E-state index contributed by atoms with van der Waals surface area (Å²) in [6.07, 6.45) is 0. The highest BCUT2D eigenvalue weighted by Crippen LogP contribution is 2.38. The number of amides is 1. The lowest BCUT2D eigenvalue weighted by molar-refractivity contribution is -0.134. The van der Waals surface area contributed by atoms with Crippen LogP contribution in [0, 0.1) is 0 Å². The lowest BCUT2D eigenvalue weighted by atomic mass is 10.0. The summed E-state index contributed by atoms with van der Waals surface area (Å²) in [7, 11) is 3.51. The standard InChI is InChI=1S/C20H23ClN2O3/c1-13(20(25)22(2)3)23-7-8-26-19-16(12-23)9-15(11-18(19)24)14-5-4-6-17(21)10-14/h4-6,9-11,13,24H,7-8,12H2,1-3H3/t13-/m0/s1. The van der Waals surface area contributed by atoms with Crippen LogP contribution >= 0.6 is 11.6 Å². The second-order valence-corrected chi connectivity index (χ2v) is 7.16. The molecule has 0 radical (unpaired) electrons. The number of likely N-dealkylation sites (N-methyl/N-ethyl adjacent to an activating group) is 1. The van der Waals surface area contributed by atoms with E-state index in [-0.39, 0.29) is 17.7 Å². The van der Waals surface area contributed by atoms with Gasteiger partial charge in [0.2, 0.25) is 5.91 Å². The fraction of sp³-hybridized carbons (Fsp3) is 0.350. The molecular formula is C20H23ClN2O3. The summed E-state index contributed by atoms with van der Waals surface area (Å²) in [5.74, 6) is 0.636. The first kappa shape index (κ1) is 18.5. The van der Waals surface area contributed by atoms with Gasteiger partial charge in [0.05, 0.1) is 6.04 Å². The quantitative estimate of drug-likeness (QED) is 0.894. The molecule has 3 rings (SSSR count). The molecule has 0 aromatic heterocycles. The molecule has 0 saturated carbocycles. The molecule has 1 amide bonds. The third-order valence-corrected chi connectivity index (χ3v) is 4.88. The zero-order chi connectivity index (χ0) is 18.8. The number of halogens is 1. The fourth-order valence-corrected chi connectivity index (χ4v) is 3.40. The van der Waals surface area contributed by atoms with Gasteiger partial charge in [-0.15, -0.1) is 0 Å². The number of carbonyl (C=O) groups excluding carboxylic acids is 1. The van der Waals surface area contributed by atoms with E-state index in [2.05, 4.69) is 4.90 Å². The molecule has 138 valence electrons. The predicted molar refractivity (Wildman–Crippen MR) is 103 cm³/mol. The molecule has 0 saturated heterocycles. The van der Waals surface area contributed by atoms with Gasteiger partial charge >= 0.3 is 0 Å². The van der Waals surface area contributed by atoms with Gasteiger partial charge in [0.15, 0.2) is 11.5 Å². The average molecular weight is 375 g/mol. The van der Waals surface area contributed by atoms with E-state index in [1.54, 1.807) is 25.1 Å². The van der Waals surface area contributed by atoms with E-state index in [1.807, 2.05) is 37.3 Å². The van der Waals surface area contributed by atoms with Gasteiger partial charge in [-0.3, -0.25) is 9.69 Å². The number of aromatic hydroxyl groups is 1. The van der Waals surface area contributed by atoms with Crippen molar-refractivity contribution in [2.24, 2.45) is 0 Å². The number of hydrogen-bond donors (Lipinski definition) is 1. The smallest absolute Gasteiger partial charge is 0.239 e. The van der Waals surface area contributed by atoms with Crippen LogP contribution in [0.15, 0.2) is 36.4 Å². The van der Waals surface area contributed by atoms with Gasteiger partial charge in [0, 0.05) is 37.8 Å². The van der Waals surface area contributed by atoms with Gasteiger partial charge in [0.25, 0.3) is 0 Å². The summed E-state index contributed by atoms with van der Waals surface area (Å²) >= 11 is 6.10. The van der Waals surface area contributed by atoms with Crippen LogP contribution in [0.1, 0.15) is 12.5 Å². The molecule has 1 N–H and O–H groups in total. The van der Waals surface area contributed by atoms with E-state index >= 15 is 0 Å². The number of hydrogen-bond acceptors (Lipinski definition) is 4. The van der Waals surface area contributed by atoms with E-state index in [1.165, 1.54) is 0 Å². The average Bonchev–Trinajstić information content (AvgIpc) is 2.83. The highest BCUT2D eigenvalue weighted by Gasteiger charge is 2.27. The number of carbonyl (C=O) groups is 1. The summed E-state index contributed by atoms with van der Waals surface area (Å²) in [4.78, 5) is 16.0. The Labute approximate surface area is 158 Å². The molecule has 0 unspecified atom stereocenters. The number of rotatable bonds is 3. The van der Waals surface area contributed by atoms with Crippen molar-refractivity contribution in [3.05, 3.63) is 47.0 Å². The molecule has 0 bridgehead atoms. The zero-order valence-corrected chi connectivity index (χ0v) is 16.0. The van der Waals surface area contributed by atoms with Crippen molar-refractivity contribution < 1.29 is 14.6 Å². The molecule has 6 heteroatoms. The Bertz CT molecular complexity index is 823. The zero-order valence-electron chi connectivity index (χ0n) is 15.2. The van der Waals surface area contributed by atoms with Gasteiger partial charge in [0.1, 0.15) is 6.61 Å². The van der Waals surface area contributed by atoms with Crippen LogP contribution in [0.2, 0.25) is 5.02 Å². The van der Waals surface area contributed by atoms with Crippen LogP contribution in [0.3, 0.4) is 0 Å². The molecule has 0 spiro atoms. The Morgan fingerprint density at radius 1 is 1.27 bits per heavy atom. The van der Waals surface area contributed by atoms with E-state index < -0.39 is 0 Å². The maximum Gasteiger partial charge on any atom is 0.239 e. The van der Waals surface area contributed by atoms with Crippen molar-refractivity contribution in [1.29, 1.82) is 0 Å². The first-order valence-corrected chi connectivity index (χ1v) is 8.94. The van der Waals surface area contributed by atoms with Gasteiger partial charge in [-0.1, -0.05) is 23.7 Å². The lowest BCUT2D eigenvalue weighted by Gasteiger charge is -2.28. The van der Waals surface area contributed by atoms with Crippen molar-refractivity contribution in [2.45, 2.75) is 19.5 Å². The number of phenolic OH excluding ortho intramolecular Hbond substituents is 1. The van der Waals surface area contributed by atoms with Crippen LogP contribution in [-0.4, -0.2) is 54.1 Å². The summed E-state index contributed by atoms with van der Waals surface area (Å²) in [5.41, 5.74) is 2.64. The molecule has 5 nitrogen and oxygen atoms in total. The summed E-state index contributed by atoms with van der Waals surface area (Å²) in [6.45, 7) is 3.45. The Morgan fingerprint density at radius 2 is 2.04 bits per heavy atom. The van der Waals surface area contributed by atoms with Gasteiger partial charge in [-0.2, -0.15) is 0 Å². The maximum atomic E-state index is 12.3. The van der Waals surface area contributed by atoms with Gasteiger partial charge in [-0.25, -0.2) is 0 Å². The Hall–Kier alpha value is -2.24. The van der Waals surface area contributed by atoms with E-state index in [9.17, 15) is 9.90 Å². The molecule has 2 aromatic rings. The van der Waals surface area contributed by atoms with Crippen molar-refractivity contribution in [1.82, 2.24) is 9.80 Å². The maximum absolute atomic E-state index is 12.3. The third kappa shape index (κ3) is 3.79. The first-order chi connectivity index (χ1) is 12.4. The molecule has 1 aliphatic heterocycles. The highest BCUT2D eigenvalue weighted by atomic mass is 35.5. The minimum absolute atomic E-state index is 0.0451. The number of benzene rings is 2. The molecule has 1 aliphatic rings. The minimum atomic E-state index is -0.267. The van der Waals surface area contributed by atoms with Crippen LogP contribution < -0.4 is 4.74 Å². The number of ether oxygens (including phenoxy) is 1. The Kier molecular flexibility index (Phi) is 5.39. The molecule has 0 aliphatic carbocycles. The van der Waals surface area contributed by atoms with E-state index in [0.717, 1.165) is 16.7 Å². The monoisotopic (exact) mass is 374 g/mol. The molecule has 1 heterocycles. The Balaban J connectivity index is 1.96. The minimum Gasteiger partial charge on any atom is -0.504 e. The van der Waals surface area contributed by atoms with Crippen molar-refractivity contribution in [3.8, 4) is 22.6 Å². The number of fused-ring (bicyclic) bond motifs is 1. The third-order valence-electron chi connectivity index (χ3n) is 4.65. The molecule has 26 heavy (non-hydrogen) atoms. The molecular weight excluding hydrogens is 352 g/mol. The molecule has 0 fully saturated rings. The van der Waals surface area contributed by atoms with Crippen LogP contribution in [-0.2, 0) is 11.3 Å². The van der Waals surface area contributed by atoms with E-state index in [0.29, 0.717) is 30.5 Å². The second kappa shape index (κ2) is 7.56. The van der Waals surface area contributed by atoms with Gasteiger partial charge in [-0.05, 0) is 42.3 Å². The van der Waals surface area contributed by atoms with Crippen molar-refractivity contribution >= 4 is 17.5 Å². The fourth-order valence-electron chi connectivity index (χ4n) is 3.21. The summed E-state index contributed by atoms with van der Waals surface area (Å²) in [6, 6.07) is 10.9. The molecule has 1 atom stereocenters. The lowest BCUT2D eigenvalue weighted by Crippen LogP contribution is -2.45. The number of nitrogens with zero attached hydrogens (tertiary/aromatic N) is 2. The predicted octanol–water partition coefficient (Wildman–Crippen LogP) is 3.38. The normalized spacial score (nSPS) is 15.5. The second-order valence-electron chi connectivity index (χ2n) is 6.72. The topological polar surface area (TPSA) is 53.0 Å². The van der Waals surface area contributed by atoms with Gasteiger partial charge < -0.3 is 14.7 Å². The van der Waals surface area contributed by atoms with Crippen LogP contribution in [0.4, 0.5) is 0 Å². The molecule has 2 aromatic carbocycles. The first-order valence-electron chi connectivity index (χ1n) is 8.56. The van der Waals surface area contributed by atoms with Crippen LogP contribution in [0.5, 0.6) is 11.5 Å².